The van der Waals surface area contributed by atoms with Gasteiger partial charge < -0.3 is 25.0 Å². The van der Waals surface area contributed by atoms with Gasteiger partial charge in [-0.15, -0.1) is 17.8 Å². The molecule has 5 rings (SSSR count). The lowest BCUT2D eigenvalue weighted by Crippen LogP contribution is -2.39. The fraction of sp³-hybridized carbons (Fsp3) is 0.435. The standard InChI is InChI=1S/C23H24FN3O3S/c1-3-16-21(29)17-20(28)14-9-15(24)19(26-8-4-5-12(10-25)11-26)22(30-2)18(14)27(13-6-7-13)23(17)31-16/h1,9,12-13,29H,4-8,10-11,25H2,2H3. The van der Waals surface area contributed by atoms with Crippen LogP contribution in [-0.4, -0.2) is 36.4 Å². The van der Waals surface area contributed by atoms with E-state index in [1.807, 2.05) is 9.47 Å². The summed E-state index contributed by atoms with van der Waals surface area (Å²) in [5.41, 5.74) is 6.40. The molecule has 3 aromatic rings. The van der Waals surface area contributed by atoms with Crippen molar-refractivity contribution < 1.29 is 14.2 Å². The van der Waals surface area contributed by atoms with Gasteiger partial charge in [0.15, 0.2) is 17.3 Å². The zero-order valence-electron chi connectivity index (χ0n) is 17.3. The number of benzene rings is 1. The van der Waals surface area contributed by atoms with Gasteiger partial charge in [-0.1, -0.05) is 5.92 Å². The van der Waals surface area contributed by atoms with Gasteiger partial charge in [0.2, 0.25) is 5.43 Å². The van der Waals surface area contributed by atoms with E-state index in [0.717, 1.165) is 25.7 Å². The van der Waals surface area contributed by atoms with Gasteiger partial charge in [0.1, 0.15) is 20.8 Å². The number of anilines is 1. The predicted molar refractivity (Wildman–Crippen MR) is 122 cm³/mol. The van der Waals surface area contributed by atoms with Crippen molar-refractivity contribution in [2.75, 3.05) is 31.6 Å². The summed E-state index contributed by atoms with van der Waals surface area (Å²) in [6.07, 6.45) is 9.35. The second-order valence-electron chi connectivity index (χ2n) is 8.36. The summed E-state index contributed by atoms with van der Waals surface area (Å²) in [5.74, 6) is 2.39. The van der Waals surface area contributed by atoms with Gasteiger partial charge in [-0.25, -0.2) is 4.39 Å². The highest BCUT2D eigenvalue weighted by molar-refractivity contribution is 7.19. The summed E-state index contributed by atoms with van der Waals surface area (Å²) in [7, 11) is 1.51. The first-order chi connectivity index (χ1) is 15.0. The van der Waals surface area contributed by atoms with Crippen LogP contribution in [0.3, 0.4) is 0 Å². The number of ether oxygens (including phenoxy) is 1. The van der Waals surface area contributed by atoms with Crippen molar-refractivity contribution in [3.05, 3.63) is 27.0 Å². The van der Waals surface area contributed by atoms with E-state index >= 15 is 4.39 Å². The third-order valence-corrected chi connectivity index (χ3v) is 7.50. The molecular weight excluding hydrogens is 417 g/mol. The molecule has 3 N–H and O–H groups in total. The molecule has 0 radical (unpaired) electrons. The van der Waals surface area contributed by atoms with Gasteiger partial charge in [-0.05, 0) is 44.2 Å². The highest BCUT2D eigenvalue weighted by Gasteiger charge is 2.34. The normalized spacial score (nSPS) is 19.2. The minimum Gasteiger partial charge on any atom is -0.505 e. The summed E-state index contributed by atoms with van der Waals surface area (Å²) < 4.78 is 23.3. The molecule has 6 nitrogen and oxygen atoms in total. The summed E-state index contributed by atoms with van der Waals surface area (Å²) in [5, 5.41) is 10.9. The van der Waals surface area contributed by atoms with Crippen molar-refractivity contribution in [3.8, 4) is 23.8 Å². The maximum absolute atomic E-state index is 15.5. The Morgan fingerprint density at radius 3 is 2.84 bits per heavy atom. The molecule has 1 saturated heterocycles. The zero-order chi connectivity index (χ0) is 21.9. The topological polar surface area (TPSA) is 80.7 Å². The number of methoxy groups -OCH3 is 1. The van der Waals surface area contributed by atoms with E-state index in [9.17, 15) is 9.90 Å². The Morgan fingerprint density at radius 2 is 2.19 bits per heavy atom. The van der Waals surface area contributed by atoms with Crippen LogP contribution in [0.25, 0.3) is 21.1 Å². The van der Waals surface area contributed by atoms with Gasteiger partial charge in [-0.3, -0.25) is 4.79 Å². The number of nitrogens with zero attached hydrogens (tertiary/aromatic N) is 2. The predicted octanol–water partition coefficient (Wildman–Crippen LogP) is 3.56. The maximum atomic E-state index is 15.5. The average Bonchev–Trinajstić information content (AvgIpc) is 3.56. The molecular formula is C23H24FN3O3S. The Morgan fingerprint density at radius 1 is 1.42 bits per heavy atom. The largest absolute Gasteiger partial charge is 0.505 e. The van der Waals surface area contributed by atoms with Crippen LogP contribution >= 0.6 is 11.3 Å². The lowest BCUT2D eigenvalue weighted by Gasteiger charge is -2.35. The minimum absolute atomic E-state index is 0.152. The van der Waals surface area contributed by atoms with Crippen LogP contribution in [0.1, 0.15) is 36.6 Å². The Hall–Kier alpha value is -2.76. The molecule has 8 heteroatoms. The van der Waals surface area contributed by atoms with Gasteiger partial charge in [0.25, 0.3) is 0 Å². The van der Waals surface area contributed by atoms with Crippen LogP contribution in [-0.2, 0) is 0 Å². The molecule has 2 fully saturated rings. The maximum Gasteiger partial charge on any atom is 0.202 e. The van der Waals surface area contributed by atoms with Gasteiger partial charge in [0, 0.05) is 19.1 Å². The first-order valence-corrected chi connectivity index (χ1v) is 11.3. The molecule has 1 unspecified atom stereocenters. The molecule has 2 aromatic heterocycles. The summed E-state index contributed by atoms with van der Waals surface area (Å²) in [6.45, 7) is 1.89. The van der Waals surface area contributed by atoms with Crippen LogP contribution in [0, 0.1) is 24.1 Å². The number of hydrogen-bond donors (Lipinski definition) is 2. The Labute approximate surface area is 183 Å². The average molecular weight is 442 g/mol. The quantitative estimate of drug-likeness (QED) is 0.605. The van der Waals surface area contributed by atoms with Gasteiger partial charge in [0.05, 0.1) is 18.0 Å². The Balaban J connectivity index is 1.88. The molecule has 162 valence electrons. The van der Waals surface area contributed by atoms with Crippen LogP contribution in [0.2, 0.25) is 0 Å². The Kier molecular flexibility index (Phi) is 4.83. The molecule has 1 aliphatic heterocycles. The lowest BCUT2D eigenvalue weighted by molar-refractivity contribution is 0.395. The second kappa shape index (κ2) is 7.43. The number of pyridine rings is 1. The van der Waals surface area contributed by atoms with E-state index in [1.165, 1.54) is 24.5 Å². The van der Waals surface area contributed by atoms with Crippen LogP contribution in [0.5, 0.6) is 11.5 Å². The second-order valence-corrected chi connectivity index (χ2v) is 9.36. The van der Waals surface area contributed by atoms with E-state index in [4.69, 9.17) is 16.9 Å². The van der Waals surface area contributed by atoms with E-state index in [2.05, 4.69) is 5.92 Å². The molecule has 2 aliphatic rings. The monoisotopic (exact) mass is 441 g/mol. The number of terminal acetylenes is 1. The summed E-state index contributed by atoms with van der Waals surface area (Å²) in [4.78, 5) is 16.3. The van der Waals surface area contributed by atoms with E-state index in [0.29, 0.717) is 46.3 Å². The fourth-order valence-electron chi connectivity index (χ4n) is 4.77. The molecule has 0 amide bonds. The van der Waals surface area contributed by atoms with E-state index < -0.39 is 11.2 Å². The van der Waals surface area contributed by atoms with E-state index in [-0.39, 0.29) is 28.5 Å². The third-order valence-electron chi connectivity index (χ3n) is 6.39. The first kappa shape index (κ1) is 20.2. The number of hydrogen-bond acceptors (Lipinski definition) is 6. The molecule has 3 heterocycles. The zero-order valence-corrected chi connectivity index (χ0v) is 18.1. The first-order valence-electron chi connectivity index (χ1n) is 10.5. The molecule has 0 bridgehead atoms. The van der Waals surface area contributed by atoms with Crippen molar-refractivity contribution in [1.82, 2.24) is 4.57 Å². The highest BCUT2D eigenvalue weighted by Crippen LogP contribution is 2.48. The van der Waals surface area contributed by atoms with Gasteiger partial charge in [-0.2, -0.15) is 0 Å². The Bertz CT molecular complexity index is 1300. The highest BCUT2D eigenvalue weighted by atomic mass is 32.1. The lowest BCUT2D eigenvalue weighted by atomic mass is 9.97. The van der Waals surface area contributed by atoms with E-state index in [1.54, 1.807) is 0 Å². The number of fused-ring (bicyclic) bond motifs is 2. The molecule has 1 aromatic carbocycles. The smallest absolute Gasteiger partial charge is 0.202 e. The number of rotatable bonds is 4. The van der Waals surface area contributed by atoms with Gasteiger partial charge >= 0.3 is 0 Å². The number of aromatic hydroxyl groups is 1. The van der Waals surface area contributed by atoms with Crippen molar-refractivity contribution in [1.29, 1.82) is 0 Å². The molecule has 1 aliphatic carbocycles. The number of nitrogens with two attached hydrogens (primary N) is 1. The number of halogens is 1. The summed E-state index contributed by atoms with van der Waals surface area (Å²) >= 11 is 1.21. The molecule has 1 saturated carbocycles. The molecule has 0 spiro atoms. The van der Waals surface area contributed by atoms with Crippen LogP contribution in [0.15, 0.2) is 10.9 Å². The summed E-state index contributed by atoms with van der Waals surface area (Å²) in [6, 6.07) is 1.44. The van der Waals surface area contributed by atoms with Crippen molar-refractivity contribution in [3.63, 3.8) is 0 Å². The minimum atomic E-state index is -0.507. The van der Waals surface area contributed by atoms with Crippen LogP contribution in [0.4, 0.5) is 10.1 Å². The van der Waals surface area contributed by atoms with Crippen molar-refractivity contribution in [2.24, 2.45) is 11.7 Å². The number of thiophene rings is 1. The molecule has 1 atom stereocenters. The fourth-order valence-corrected chi connectivity index (χ4v) is 5.85. The molecule has 31 heavy (non-hydrogen) atoms. The third kappa shape index (κ3) is 2.99. The van der Waals surface area contributed by atoms with Crippen molar-refractivity contribution >= 4 is 38.1 Å². The number of piperidine rings is 1. The van der Waals surface area contributed by atoms with Crippen LogP contribution < -0.4 is 20.8 Å². The number of aromatic nitrogens is 1. The van der Waals surface area contributed by atoms with Crippen molar-refractivity contribution in [2.45, 2.75) is 31.7 Å². The SMILES string of the molecule is C#Cc1sc2c(c1O)c(=O)c1cc(F)c(N3CCCC(CN)C3)c(OC)c1n2C1CC1.